The first-order valence-electron chi connectivity index (χ1n) is 9.56. The Morgan fingerprint density at radius 1 is 0.656 bits per heavy atom. The highest BCUT2D eigenvalue weighted by Crippen LogP contribution is 2.46. The predicted octanol–water partition coefficient (Wildman–Crippen LogP) is 7.89. The zero-order chi connectivity index (χ0) is 22.9. The highest BCUT2D eigenvalue weighted by molar-refractivity contribution is 9.12. The van der Waals surface area contributed by atoms with E-state index in [9.17, 15) is 0 Å². The van der Waals surface area contributed by atoms with E-state index >= 15 is 0 Å². The van der Waals surface area contributed by atoms with Crippen LogP contribution in [0.25, 0.3) is 0 Å². The average Bonchev–Trinajstić information content (AvgIpc) is 2.71. The third kappa shape index (κ3) is 5.09. The van der Waals surface area contributed by atoms with Crippen molar-refractivity contribution in [2.75, 3.05) is 11.5 Å². The van der Waals surface area contributed by atoms with Crippen LogP contribution in [0.2, 0.25) is 0 Å². The Morgan fingerprint density at radius 2 is 1.12 bits per heavy atom. The van der Waals surface area contributed by atoms with Crippen LogP contribution in [-0.2, 0) is 0 Å². The summed E-state index contributed by atoms with van der Waals surface area (Å²) in [4.78, 5) is 0. The number of benzene rings is 3. The average molecular weight is 686 g/mol. The van der Waals surface area contributed by atoms with Gasteiger partial charge in [0, 0.05) is 38.4 Å². The molecule has 4 nitrogen and oxygen atoms in total. The Balaban J connectivity index is 1.79. The molecule has 0 heterocycles. The van der Waals surface area contributed by atoms with Gasteiger partial charge in [0.2, 0.25) is 0 Å². The molecule has 0 saturated carbocycles. The second kappa shape index (κ2) is 9.63. The van der Waals surface area contributed by atoms with Gasteiger partial charge in [0.05, 0.1) is 8.96 Å². The van der Waals surface area contributed by atoms with E-state index in [1.165, 1.54) is 0 Å². The Hall–Kier alpha value is -1.74. The number of hydrogen-bond acceptors (Lipinski definition) is 4. The van der Waals surface area contributed by atoms with E-state index in [0.717, 1.165) is 14.5 Å². The summed E-state index contributed by atoms with van der Waals surface area (Å²) < 4.78 is 16.2. The number of ether oxygens (including phenoxy) is 2. The molecule has 0 amide bonds. The third-order valence-electron chi connectivity index (χ3n) is 4.79. The molecule has 4 N–H and O–H groups in total. The van der Waals surface area contributed by atoms with Crippen LogP contribution in [0, 0.1) is 0 Å². The molecule has 0 bridgehead atoms. The van der Waals surface area contributed by atoms with Crippen LogP contribution in [0.1, 0.15) is 11.5 Å². The van der Waals surface area contributed by atoms with E-state index in [4.69, 9.17) is 20.9 Å². The molecular weight excluding hydrogens is 668 g/mol. The Morgan fingerprint density at radius 3 is 1.56 bits per heavy atom. The summed E-state index contributed by atoms with van der Waals surface area (Å²) in [6.45, 7) is 0. The summed E-state index contributed by atoms with van der Waals surface area (Å²) >= 11 is 14.6. The molecule has 0 saturated heterocycles. The fourth-order valence-electron chi connectivity index (χ4n) is 3.36. The molecule has 32 heavy (non-hydrogen) atoms. The monoisotopic (exact) mass is 682 g/mol. The van der Waals surface area contributed by atoms with Gasteiger partial charge in [-0.2, -0.15) is 0 Å². The van der Waals surface area contributed by atoms with E-state index < -0.39 is 5.79 Å². The van der Waals surface area contributed by atoms with Gasteiger partial charge in [0.25, 0.3) is 0 Å². The normalized spacial score (nSPS) is 15.6. The maximum absolute atomic E-state index is 6.43. The Bertz CT molecular complexity index is 1140. The SMILES string of the molecule is Nc1cccc(OC2(Oc3cccc(N)c3)C(Br)=CC(c3cc(Br)cc(Br)c3)C=C2Br)c1. The Kier molecular flexibility index (Phi) is 7.05. The summed E-state index contributed by atoms with van der Waals surface area (Å²) in [5.41, 5.74) is 14.2. The molecule has 3 aromatic rings. The molecule has 8 heteroatoms. The van der Waals surface area contributed by atoms with Crippen molar-refractivity contribution in [2.45, 2.75) is 11.7 Å². The molecule has 0 fully saturated rings. The van der Waals surface area contributed by atoms with E-state index in [0.29, 0.717) is 31.8 Å². The number of halogens is 4. The van der Waals surface area contributed by atoms with Gasteiger partial charge in [-0.25, -0.2) is 0 Å². The first-order chi connectivity index (χ1) is 15.2. The molecule has 164 valence electrons. The van der Waals surface area contributed by atoms with Crippen molar-refractivity contribution in [3.8, 4) is 11.5 Å². The van der Waals surface area contributed by atoms with Crippen LogP contribution in [0.3, 0.4) is 0 Å². The standard InChI is InChI=1S/C24H18Br4N2O2/c25-16-7-14(8-17(26)11-16)15-9-22(27)24(23(28)10-15,31-20-5-1-3-18(29)12-20)32-21-6-2-4-19(30)13-21/h1-13,15H,29-30H2. The molecule has 0 unspecified atom stereocenters. The molecule has 0 aromatic heterocycles. The van der Waals surface area contributed by atoms with Crippen molar-refractivity contribution in [2.24, 2.45) is 0 Å². The largest absolute Gasteiger partial charge is 0.443 e. The van der Waals surface area contributed by atoms with Crippen LogP contribution >= 0.6 is 63.7 Å². The number of nitrogen functional groups attached to an aromatic ring is 2. The first kappa shape index (κ1) is 23.4. The van der Waals surface area contributed by atoms with Gasteiger partial charge >= 0.3 is 5.79 Å². The van der Waals surface area contributed by atoms with Crippen molar-refractivity contribution in [1.82, 2.24) is 0 Å². The van der Waals surface area contributed by atoms with Crippen molar-refractivity contribution in [3.63, 3.8) is 0 Å². The molecular formula is C24H18Br4N2O2. The quantitative estimate of drug-likeness (QED) is 0.212. The number of anilines is 2. The minimum atomic E-state index is -1.29. The lowest BCUT2D eigenvalue weighted by molar-refractivity contribution is -0.0345. The lowest BCUT2D eigenvalue weighted by Gasteiger charge is -2.37. The third-order valence-corrected chi connectivity index (χ3v) is 7.28. The first-order valence-corrected chi connectivity index (χ1v) is 12.7. The zero-order valence-corrected chi connectivity index (χ0v) is 22.9. The van der Waals surface area contributed by atoms with E-state index in [1.54, 1.807) is 24.3 Å². The second-order valence-electron chi connectivity index (χ2n) is 7.22. The smallest absolute Gasteiger partial charge is 0.318 e. The number of allylic oxidation sites excluding steroid dienone is 2. The van der Waals surface area contributed by atoms with Crippen LogP contribution in [0.5, 0.6) is 11.5 Å². The summed E-state index contributed by atoms with van der Waals surface area (Å²) in [5.74, 6) is -0.183. The lowest BCUT2D eigenvalue weighted by Crippen LogP contribution is -2.45. The van der Waals surface area contributed by atoms with Gasteiger partial charge in [-0.05, 0) is 79.9 Å². The number of nitrogens with two attached hydrogens (primary N) is 2. The van der Waals surface area contributed by atoms with Gasteiger partial charge in [0.15, 0.2) is 0 Å². The van der Waals surface area contributed by atoms with Crippen molar-refractivity contribution >= 4 is 75.1 Å². The van der Waals surface area contributed by atoms with Crippen LogP contribution in [0.4, 0.5) is 11.4 Å². The van der Waals surface area contributed by atoms with Crippen LogP contribution in [0.15, 0.2) is 96.8 Å². The van der Waals surface area contributed by atoms with Crippen molar-refractivity contribution in [3.05, 3.63) is 102 Å². The topological polar surface area (TPSA) is 70.5 Å². The lowest BCUT2D eigenvalue weighted by atomic mass is 9.92. The number of hydrogen-bond donors (Lipinski definition) is 2. The van der Waals surface area contributed by atoms with Crippen LogP contribution < -0.4 is 20.9 Å². The summed E-state index contributed by atoms with van der Waals surface area (Å²) in [6.07, 6.45) is 4.11. The molecule has 0 atom stereocenters. The van der Waals surface area contributed by atoms with Gasteiger partial charge in [-0.15, -0.1) is 0 Å². The maximum atomic E-state index is 6.43. The van der Waals surface area contributed by atoms with Crippen molar-refractivity contribution < 1.29 is 9.47 Å². The zero-order valence-electron chi connectivity index (χ0n) is 16.6. The summed E-state index contributed by atoms with van der Waals surface area (Å²) in [6, 6.07) is 20.6. The molecule has 1 aliphatic carbocycles. The Labute approximate surface area is 220 Å². The van der Waals surface area contributed by atoms with Gasteiger partial charge in [0.1, 0.15) is 11.5 Å². The molecule has 3 aromatic carbocycles. The van der Waals surface area contributed by atoms with Crippen molar-refractivity contribution in [1.29, 1.82) is 0 Å². The highest BCUT2D eigenvalue weighted by atomic mass is 79.9. The van der Waals surface area contributed by atoms with E-state index in [-0.39, 0.29) is 5.92 Å². The van der Waals surface area contributed by atoms with Gasteiger partial charge in [-0.1, -0.05) is 56.1 Å². The number of rotatable bonds is 5. The summed E-state index contributed by atoms with van der Waals surface area (Å²) in [7, 11) is 0. The van der Waals surface area contributed by atoms with E-state index in [1.807, 2.05) is 30.3 Å². The molecule has 0 radical (unpaired) electrons. The van der Waals surface area contributed by atoms with Crippen LogP contribution in [-0.4, -0.2) is 5.79 Å². The highest BCUT2D eigenvalue weighted by Gasteiger charge is 2.45. The molecule has 0 aliphatic heterocycles. The fourth-order valence-corrected chi connectivity index (χ4v) is 6.28. The predicted molar refractivity (Wildman–Crippen MR) is 144 cm³/mol. The molecule has 4 rings (SSSR count). The van der Waals surface area contributed by atoms with Gasteiger partial charge < -0.3 is 20.9 Å². The van der Waals surface area contributed by atoms with E-state index in [2.05, 4.69) is 88.0 Å². The molecule has 1 aliphatic rings. The fraction of sp³-hybridized carbons (Fsp3) is 0.0833. The minimum Gasteiger partial charge on any atom is -0.443 e. The summed E-state index contributed by atoms with van der Waals surface area (Å²) in [5, 5.41) is 0. The molecule has 0 spiro atoms. The maximum Gasteiger partial charge on any atom is 0.318 e. The van der Waals surface area contributed by atoms with Gasteiger partial charge in [-0.3, -0.25) is 0 Å². The second-order valence-corrected chi connectivity index (χ2v) is 10.8. The minimum absolute atomic E-state index is 0.0189.